The molecule has 0 fully saturated rings. The Bertz CT molecular complexity index is 491. The third-order valence-corrected chi connectivity index (χ3v) is 3.65. The van der Waals surface area contributed by atoms with Crippen LogP contribution in [0, 0.1) is 6.92 Å². The zero-order valence-electron chi connectivity index (χ0n) is 11.5. The number of hydrogen-bond donors (Lipinski definition) is 1. The summed E-state index contributed by atoms with van der Waals surface area (Å²) in [5, 5.41) is 3.64. The predicted molar refractivity (Wildman–Crippen MR) is 85.5 cm³/mol. The van der Waals surface area contributed by atoms with E-state index in [-0.39, 0.29) is 6.04 Å². The van der Waals surface area contributed by atoms with E-state index >= 15 is 0 Å². The largest absolute Gasteiger partial charge is 0.306 e. The molecule has 2 aromatic rings. The number of hydrogen-bond acceptors (Lipinski definition) is 1. The SMILES string of the molecule is CCCNC(c1cccc(C)c1)c1cccc(Br)c1. The molecule has 0 aliphatic heterocycles. The molecular weight excluding hydrogens is 298 g/mol. The first-order chi connectivity index (χ1) is 9.20. The van der Waals surface area contributed by atoms with Gasteiger partial charge in [0.15, 0.2) is 0 Å². The maximum Gasteiger partial charge on any atom is 0.0577 e. The van der Waals surface area contributed by atoms with Gasteiger partial charge in [-0.3, -0.25) is 0 Å². The van der Waals surface area contributed by atoms with E-state index in [2.05, 4.69) is 83.6 Å². The molecule has 2 rings (SSSR count). The van der Waals surface area contributed by atoms with Gasteiger partial charge in [0, 0.05) is 4.47 Å². The quantitative estimate of drug-likeness (QED) is 0.831. The van der Waals surface area contributed by atoms with Crippen molar-refractivity contribution in [3.05, 3.63) is 69.7 Å². The van der Waals surface area contributed by atoms with E-state index in [1.165, 1.54) is 16.7 Å². The van der Waals surface area contributed by atoms with Crippen LogP contribution in [0.4, 0.5) is 0 Å². The number of benzene rings is 2. The number of nitrogens with one attached hydrogen (secondary N) is 1. The summed E-state index contributed by atoms with van der Waals surface area (Å²) in [5.74, 6) is 0. The van der Waals surface area contributed by atoms with Crippen molar-refractivity contribution in [2.75, 3.05) is 6.54 Å². The zero-order valence-corrected chi connectivity index (χ0v) is 13.1. The lowest BCUT2D eigenvalue weighted by atomic mass is 9.97. The van der Waals surface area contributed by atoms with Crippen molar-refractivity contribution in [2.45, 2.75) is 26.3 Å². The van der Waals surface area contributed by atoms with E-state index < -0.39 is 0 Å². The van der Waals surface area contributed by atoms with Crippen LogP contribution in [0.5, 0.6) is 0 Å². The lowest BCUT2D eigenvalue weighted by Gasteiger charge is -2.20. The van der Waals surface area contributed by atoms with E-state index in [4.69, 9.17) is 0 Å². The Kier molecular flexibility index (Phi) is 5.17. The molecule has 100 valence electrons. The molecule has 2 aromatic carbocycles. The number of aryl methyl sites for hydroxylation is 1. The highest BCUT2D eigenvalue weighted by molar-refractivity contribution is 9.10. The molecule has 1 nitrogen and oxygen atoms in total. The first kappa shape index (κ1) is 14.3. The first-order valence-corrected chi connectivity index (χ1v) is 7.55. The monoisotopic (exact) mass is 317 g/mol. The Morgan fingerprint density at radius 3 is 2.37 bits per heavy atom. The van der Waals surface area contributed by atoms with Crippen molar-refractivity contribution in [1.29, 1.82) is 0 Å². The van der Waals surface area contributed by atoms with E-state index in [0.717, 1.165) is 17.4 Å². The van der Waals surface area contributed by atoms with Gasteiger partial charge in [0.2, 0.25) is 0 Å². The zero-order chi connectivity index (χ0) is 13.7. The standard InChI is InChI=1S/C17H20BrN/c1-3-10-19-17(14-7-4-6-13(2)11-14)15-8-5-9-16(18)12-15/h4-9,11-12,17,19H,3,10H2,1-2H3. The van der Waals surface area contributed by atoms with Crippen molar-refractivity contribution in [1.82, 2.24) is 5.32 Å². The number of rotatable bonds is 5. The van der Waals surface area contributed by atoms with Crippen molar-refractivity contribution in [2.24, 2.45) is 0 Å². The highest BCUT2D eigenvalue weighted by Gasteiger charge is 2.13. The highest BCUT2D eigenvalue weighted by atomic mass is 79.9. The number of halogens is 1. The lowest BCUT2D eigenvalue weighted by Crippen LogP contribution is -2.23. The molecule has 1 N–H and O–H groups in total. The summed E-state index contributed by atoms with van der Waals surface area (Å²) in [4.78, 5) is 0. The maximum absolute atomic E-state index is 3.64. The summed E-state index contributed by atoms with van der Waals surface area (Å²) in [6.07, 6.45) is 1.14. The van der Waals surface area contributed by atoms with Crippen molar-refractivity contribution in [3.8, 4) is 0 Å². The second kappa shape index (κ2) is 6.88. The Morgan fingerprint density at radius 1 is 1.05 bits per heavy atom. The maximum atomic E-state index is 3.64. The molecule has 0 aliphatic carbocycles. The highest BCUT2D eigenvalue weighted by Crippen LogP contribution is 2.25. The molecule has 0 saturated heterocycles. The molecule has 0 amide bonds. The van der Waals surface area contributed by atoms with Crippen LogP contribution in [-0.4, -0.2) is 6.54 Å². The van der Waals surface area contributed by atoms with Crippen molar-refractivity contribution in [3.63, 3.8) is 0 Å². The van der Waals surface area contributed by atoms with E-state index in [1.807, 2.05) is 0 Å². The molecule has 0 heterocycles. The molecule has 0 aromatic heterocycles. The Morgan fingerprint density at radius 2 is 1.74 bits per heavy atom. The molecule has 1 atom stereocenters. The Balaban J connectivity index is 2.35. The van der Waals surface area contributed by atoms with Crippen LogP contribution in [0.15, 0.2) is 53.0 Å². The first-order valence-electron chi connectivity index (χ1n) is 6.76. The fourth-order valence-corrected chi connectivity index (χ4v) is 2.67. The van der Waals surface area contributed by atoms with Crippen molar-refractivity contribution < 1.29 is 0 Å². The summed E-state index contributed by atoms with van der Waals surface area (Å²) < 4.78 is 1.13. The van der Waals surface area contributed by atoms with Gasteiger partial charge in [0.25, 0.3) is 0 Å². The average molecular weight is 318 g/mol. The van der Waals surface area contributed by atoms with E-state index in [1.54, 1.807) is 0 Å². The third kappa shape index (κ3) is 3.92. The summed E-state index contributed by atoms with van der Waals surface area (Å²) in [6.45, 7) is 5.35. The minimum atomic E-state index is 0.261. The van der Waals surface area contributed by atoms with E-state index in [9.17, 15) is 0 Å². The fourth-order valence-electron chi connectivity index (χ4n) is 2.25. The lowest BCUT2D eigenvalue weighted by molar-refractivity contribution is 0.598. The second-order valence-electron chi connectivity index (χ2n) is 4.86. The van der Waals surface area contributed by atoms with Crippen LogP contribution in [0.25, 0.3) is 0 Å². The van der Waals surface area contributed by atoms with Gasteiger partial charge in [-0.05, 0) is 43.1 Å². The third-order valence-electron chi connectivity index (χ3n) is 3.16. The van der Waals surface area contributed by atoms with Gasteiger partial charge < -0.3 is 5.32 Å². The topological polar surface area (TPSA) is 12.0 Å². The summed E-state index contributed by atoms with van der Waals surface area (Å²) in [6, 6.07) is 17.5. The molecule has 0 spiro atoms. The summed E-state index contributed by atoms with van der Waals surface area (Å²) in [5.41, 5.74) is 3.93. The van der Waals surface area contributed by atoms with Crippen LogP contribution in [0.2, 0.25) is 0 Å². The molecule has 0 saturated carbocycles. The van der Waals surface area contributed by atoms with Crippen LogP contribution < -0.4 is 5.32 Å². The van der Waals surface area contributed by atoms with Gasteiger partial charge >= 0.3 is 0 Å². The summed E-state index contributed by atoms with van der Waals surface area (Å²) in [7, 11) is 0. The smallest absolute Gasteiger partial charge is 0.0577 e. The van der Waals surface area contributed by atoms with Gasteiger partial charge in [-0.1, -0.05) is 64.8 Å². The van der Waals surface area contributed by atoms with Gasteiger partial charge in [-0.15, -0.1) is 0 Å². The predicted octanol–water partition coefficient (Wildman–Crippen LogP) is 4.85. The van der Waals surface area contributed by atoms with Gasteiger partial charge in [0.05, 0.1) is 6.04 Å². The van der Waals surface area contributed by atoms with Gasteiger partial charge in [-0.2, -0.15) is 0 Å². The van der Waals surface area contributed by atoms with Crippen molar-refractivity contribution >= 4 is 15.9 Å². The molecule has 0 radical (unpaired) electrons. The molecular formula is C17H20BrN. The van der Waals surface area contributed by atoms with Gasteiger partial charge in [-0.25, -0.2) is 0 Å². The minimum absolute atomic E-state index is 0.261. The summed E-state index contributed by atoms with van der Waals surface area (Å²) >= 11 is 3.56. The minimum Gasteiger partial charge on any atom is -0.306 e. The average Bonchev–Trinajstić information content (AvgIpc) is 2.39. The van der Waals surface area contributed by atoms with Crippen LogP contribution in [0.1, 0.15) is 36.1 Å². The second-order valence-corrected chi connectivity index (χ2v) is 5.77. The van der Waals surface area contributed by atoms with Crippen LogP contribution in [0.3, 0.4) is 0 Å². The molecule has 0 bridgehead atoms. The fraction of sp³-hybridized carbons (Fsp3) is 0.294. The Labute approximate surface area is 124 Å². The van der Waals surface area contributed by atoms with Crippen LogP contribution >= 0.6 is 15.9 Å². The Hall–Kier alpha value is -1.12. The molecule has 0 aliphatic rings. The van der Waals surface area contributed by atoms with Crippen LogP contribution in [-0.2, 0) is 0 Å². The molecule has 1 unspecified atom stereocenters. The normalized spacial score (nSPS) is 12.4. The van der Waals surface area contributed by atoms with E-state index in [0.29, 0.717) is 0 Å². The van der Waals surface area contributed by atoms with Gasteiger partial charge in [0.1, 0.15) is 0 Å². The molecule has 19 heavy (non-hydrogen) atoms. The molecule has 2 heteroatoms.